The molecule has 1 aliphatic carbocycles. The van der Waals surface area contributed by atoms with Crippen molar-refractivity contribution in [2.24, 2.45) is 0 Å². The summed E-state index contributed by atoms with van der Waals surface area (Å²) in [7, 11) is -3.69. The number of benzene rings is 2. The number of ether oxygens (including phenoxy) is 1. The number of carbonyl (C=O) groups excluding carboxylic acids is 1. The molecule has 1 aliphatic rings. The van der Waals surface area contributed by atoms with Crippen molar-refractivity contribution in [1.29, 1.82) is 0 Å². The quantitative estimate of drug-likeness (QED) is 0.320. The number of hydrogen-bond acceptors (Lipinski definition) is 7. The van der Waals surface area contributed by atoms with E-state index in [9.17, 15) is 26.4 Å². The van der Waals surface area contributed by atoms with Crippen molar-refractivity contribution >= 4 is 33.4 Å². The molecular formula is C26H20F3N5O4S. The van der Waals surface area contributed by atoms with E-state index in [0.717, 1.165) is 12.3 Å². The molecule has 3 N–H and O–H groups in total. The van der Waals surface area contributed by atoms with Gasteiger partial charge in [-0.25, -0.2) is 26.9 Å². The van der Waals surface area contributed by atoms with Gasteiger partial charge in [0.25, 0.3) is 0 Å². The molecule has 0 saturated carbocycles. The van der Waals surface area contributed by atoms with E-state index in [2.05, 4.69) is 14.8 Å². The Hall–Kier alpha value is -4.65. The lowest BCUT2D eigenvalue weighted by atomic mass is 10.0. The van der Waals surface area contributed by atoms with Crippen LogP contribution in [0.3, 0.4) is 0 Å². The van der Waals surface area contributed by atoms with Crippen molar-refractivity contribution in [3.63, 3.8) is 0 Å². The molecule has 9 nitrogen and oxygen atoms in total. The Morgan fingerprint density at radius 2 is 1.90 bits per heavy atom. The highest BCUT2D eigenvalue weighted by Crippen LogP contribution is 2.33. The fraction of sp³-hybridized carbons (Fsp3) is 0.115. The summed E-state index contributed by atoms with van der Waals surface area (Å²) in [6.07, 6.45) is 5.24. The fourth-order valence-electron chi connectivity index (χ4n) is 4.16. The van der Waals surface area contributed by atoms with Crippen LogP contribution in [0.1, 0.15) is 27.0 Å². The first-order valence-corrected chi connectivity index (χ1v) is 13.3. The summed E-state index contributed by atoms with van der Waals surface area (Å²) in [4.78, 5) is 17.4. The van der Waals surface area contributed by atoms with Gasteiger partial charge in [0.15, 0.2) is 17.3 Å². The third-order valence-corrected chi connectivity index (χ3v) is 6.59. The zero-order chi connectivity index (χ0) is 28.1. The summed E-state index contributed by atoms with van der Waals surface area (Å²) < 4.78 is 73.6. The van der Waals surface area contributed by atoms with Crippen LogP contribution >= 0.6 is 0 Å². The minimum absolute atomic E-state index is 0.00798. The average molecular weight is 556 g/mol. The summed E-state index contributed by atoms with van der Waals surface area (Å²) in [6.45, 7) is 1.70. The van der Waals surface area contributed by atoms with Gasteiger partial charge in [-0.3, -0.25) is 9.52 Å². The molecule has 0 aliphatic heterocycles. The van der Waals surface area contributed by atoms with E-state index in [1.807, 2.05) is 0 Å². The summed E-state index contributed by atoms with van der Waals surface area (Å²) in [5, 5.41) is 4.21. The number of hydrogen-bond donors (Lipinski definition) is 2. The molecule has 2 aromatic heterocycles. The van der Waals surface area contributed by atoms with Crippen LogP contribution in [-0.2, 0) is 16.4 Å². The van der Waals surface area contributed by atoms with Gasteiger partial charge in [-0.2, -0.15) is 9.49 Å². The second kappa shape index (κ2) is 9.58. The number of nitrogens with one attached hydrogen (secondary N) is 1. The molecule has 5 rings (SSSR count). The number of nitrogens with two attached hydrogens (primary N) is 1. The maximum absolute atomic E-state index is 14.4. The Bertz CT molecular complexity index is 1800. The fourth-order valence-corrected chi connectivity index (χ4v) is 4.72. The maximum atomic E-state index is 14.4. The molecule has 0 amide bonds. The number of carbonyl (C=O) groups is 1. The molecule has 4 aromatic rings. The molecule has 0 spiro atoms. The Balaban J connectivity index is 1.39. The number of allylic oxidation sites excluding steroid dienone is 1. The molecule has 2 aromatic carbocycles. The zero-order valence-electron chi connectivity index (χ0n) is 20.5. The summed E-state index contributed by atoms with van der Waals surface area (Å²) in [5.74, 6) is -3.69. The van der Waals surface area contributed by atoms with Crippen LogP contribution in [-0.4, -0.2) is 35.2 Å². The molecule has 0 saturated heterocycles. The summed E-state index contributed by atoms with van der Waals surface area (Å²) in [5.41, 5.74) is 8.47. The van der Waals surface area contributed by atoms with Crippen molar-refractivity contribution in [3.8, 4) is 17.3 Å². The third-order valence-electron chi connectivity index (χ3n) is 5.99. The lowest BCUT2D eigenvalue weighted by Crippen LogP contribution is -2.11. The van der Waals surface area contributed by atoms with Gasteiger partial charge in [0.05, 0.1) is 35.6 Å². The van der Waals surface area contributed by atoms with Gasteiger partial charge >= 0.3 is 0 Å². The third kappa shape index (κ3) is 5.08. The number of Topliss-reactive ketones (excluding diaryl/α,β-unsaturated/α-hetero) is 1. The summed E-state index contributed by atoms with van der Waals surface area (Å²) >= 11 is 0. The van der Waals surface area contributed by atoms with Gasteiger partial charge in [0, 0.05) is 18.1 Å². The van der Waals surface area contributed by atoms with Crippen LogP contribution in [0.2, 0.25) is 0 Å². The smallest absolute Gasteiger partial charge is 0.229 e. The van der Waals surface area contributed by atoms with Gasteiger partial charge in [-0.1, -0.05) is 6.07 Å². The summed E-state index contributed by atoms with van der Waals surface area (Å²) in [6, 6.07) is 7.52. The number of ketones is 1. The van der Waals surface area contributed by atoms with E-state index < -0.39 is 33.3 Å². The van der Waals surface area contributed by atoms with Gasteiger partial charge in [-0.15, -0.1) is 0 Å². The van der Waals surface area contributed by atoms with E-state index in [4.69, 9.17) is 10.5 Å². The topological polar surface area (TPSA) is 129 Å². The van der Waals surface area contributed by atoms with Crippen molar-refractivity contribution < 1.29 is 31.1 Å². The molecule has 200 valence electrons. The first-order valence-electron chi connectivity index (χ1n) is 11.4. The highest BCUT2D eigenvalue weighted by Gasteiger charge is 2.26. The van der Waals surface area contributed by atoms with Crippen LogP contribution in [0.4, 0.5) is 24.7 Å². The molecule has 0 fully saturated rings. The second-order valence-corrected chi connectivity index (χ2v) is 10.6. The molecule has 2 heterocycles. The average Bonchev–Trinajstić information content (AvgIpc) is 3.44. The molecule has 0 atom stereocenters. The Morgan fingerprint density at radius 3 is 2.62 bits per heavy atom. The van der Waals surface area contributed by atoms with Crippen LogP contribution in [0.25, 0.3) is 11.8 Å². The van der Waals surface area contributed by atoms with E-state index in [-0.39, 0.29) is 35.1 Å². The van der Waals surface area contributed by atoms with E-state index in [1.165, 1.54) is 47.4 Å². The Kier molecular flexibility index (Phi) is 6.38. The minimum Gasteiger partial charge on any atom is -0.436 e. The SMILES string of the molecule is Cc1cc(Oc2cccc(F)c2F)ncc1-n1ncc(C(=O)C2=Cc3cc(NS(C)(=O)=O)c(F)cc3C2)c1N. The van der Waals surface area contributed by atoms with Gasteiger partial charge in [-0.05, 0) is 54.0 Å². The van der Waals surface area contributed by atoms with E-state index in [0.29, 0.717) is 28.0 Å². The van der Waals surface area contributed by atoms with E-state index in [1.54, 1.807) is 13.0 Å². The number of fused-ring (bicyclic) bond motifs is 1. The highest BCUT2D eigenvalue weighted by molar-refractivity contribution is 7.92. The standard InChI is InChI=1S/C26H20F3N5O4S/c1-13-6-23(38-22-5-3-4-18(27)24(22)29)31-12-21(13)34-26(30)17(11-32-34)25(35)16-7-14-9-19(28)20(10-15(14)8-16)33-39(2,36)37/h3-6,8-12,33H,7,30H2,1-2H3. The lowest BCUT2D eigenvalue weighted by Gasteiger charge is -2.11. The first kappa shape index (κ1) is 26.0. The van der Waals surface area contributed by atoms with Crippen molar-refractivity contribution in [2.75, 3.05) is 16.7 Å². The number of aromatic nitrogens is 3. The number of nitrogen functional groups attached to an aromatic ring is 1. The Labute approximate surface area is 220 Å². The second-order valence-electron chi connectivity index (χ2n) is 8.90. The Morgan fingerprint density at radius 1 is 1.13 bits per heavy atom. The van der Waals surface area contributed by atoms with Crippen molar-refractivity contribution in [1.82, 2.24) is 14.8 Å². The monoisotopic (exact) mass is 555 g/mol. The van der Waals surface area contributed by atoms with Crippen molar-refractivity contribution in [3.05, 3.63) is 94.1 Å². The molecule has 0 radical (unpaired) electrons. The lowest BCUT2D eigenvalue weighted by molar-refractivity contribution is 0.103. The number of halogens is 3. The predicted molar refractivity (Wildman–Crippen MR) is 138 cm³/mol. The molecule has 0 unspecified atom stereocenters. The number of nitrogens with zero attached hydrogens (tertiary/aromatic N) is 3. The number of pyridine rings is 1. The van der Waals surface area contributed by atoms with Crippen LogP contribution in [0.15, 0.2) is 54.4 Å². The number of anilines is 2. The number of aryl methyl sites for hydroxylation is 1. The first-order chi connectivity index (χ1) is 18.4. The highest BCUT2D eigenvalue weighted by atomic mass is 32.2. The molecule has 39 heavy (non-hydrogen) atoms. The van der Waals surface area contributed by atoms with E-state index >= 15 is 0 Å². The van der Waals surface area contributed by atoms with Crippen molar-refractivity contribution in [2.45, 2.75) is 13.3 Å². The molecular weight excluding hydrogens is 535 g/mol. The normalized spacial score (nSPS) is 12.7. The zero-order valence-corrected chi connectivity index (χ0v) is 21.3. The predicted octanol–water partition coefficient (Wildman–Crippen LogP) is 4.56. The number of sulfonamides is 1. The molecule has 13 heteroatoms. The van der Waals surface area contributed by atoms with Crippen LogP contribution in [0.5, 0.6) is 11.6 Å². The minimum atomic E-state index is -3.69. The number of rotatable bonds is 7. The van der Waals surface area contributed by atoms with Gasteiger partial charge in [0.2, 0.25) is 21.7 Å². The van der Waals surface area contributed by atoms with Crippen LogP contribution < -0.4 is 15.2 Å². The van der Waals surface area contributed by atoms with Gasteiger partial charge in [0.1, 0.15) is 11.6 Å². The van der Waals surface area contributed by atoms with Crippen LogP contribution in [0, 0.1) is 24.4 Å². The van der Waals surface area contributed by atoms with Gasteiger partial charge < -0.3 is 10.5 Å². The molecule has 0 bridgehead atoms. The largest absolute Gasteiger partial charge is 0.436 e. The maximum Gasteiger partial charge on any atom is 0.229 e.